The molecule has 0 radical (unpaired) electrons. The molecule has 2 aliphatic rings. The van der Waals surface area contributed by atoms with Crippen molar-refractivity contribution in [2.24, 2.45) is 5.92 Å². The predicted octanol–water partition coefficient (Wildman–Crippen LogP) is 1.24. The van der Waals surface area contributed by atoms with Crippen LogP contribution in [0, 0.1) is 5.92 Å². The standard InChI is InChI=1S/C14H17NO4/c16-14(17)11-8-15-7-10(11)9-2-3-12-13(6-9)19-5-1-4-18-12/h2-3,6,10-11,15H,1,4-5,7-8H2,(H,16,17). The average molecular weight is 263 g/mol. The molecule has 19 heavy (non-hydrogen) atoms. The van der Waals surface area contributed by atoms with E-state index in [2.05, 4.69) is 5.32 Å². The van der Waals surface area contributed by atoms with Gasteiger partial charge in [0.15, 0.2) is 11.5 Å². The van der Waals surface area contributed by atoms with Crippen LogP contribution >= 0.6 is 0 Å². The maximum absolute atomic E-state index is 11.2. The normalized spacial score (nSPS) is 25.9. The number of rotatable bonds is 2. The quantitative estimate of drug-likeness (QED) is 0.840. The van der Waals surface area contributed by atoms with Crippen LogP contribution in [0.2, 0.25) is 0 Å². The molecule has 5 heteroatoms. The molecule has 0 amide bonds. The Bertz CT molecular complexity index is 488. The van der Waals surface area contributed by atoms with Crippen molar-refractivity contribution < 1.29 is 19.4 Å². The third kappa shape index (κ3) is 2.38. The average Bonchev–Trinajstić information content (AvgIpc) is 2.78. The summed E-state index contributed by atoms with van der Waals surface area (Å²) in [7, 11) is 0. The van der Waals surface area contributed by atoms with Gasteiger partial charge in [-0.05, 0) is 17.7 Å². The van der Waals surface area contributed by atoms with E-state index in [1.54, 1.807) is 0 Å². The van der Waals surface area contributed by atoms with E-state index < -0.39 is 5.97 Å². The van der Waals surface area contributed by atoms with E-state index in [0.717, 1.165) is 23.5 Å². The lowest BCUT2D eigenvalue weighted by Crippen LogP contribution is -2.21. The third-order valence-electron chi connectivity index (χ3n) is 3.73. The highest BCUT2D eigenvalue weighted by Gasteiger charge is 2.34. The number of aliphatic carboxylic acids is 1. The number of hydrogen-bond donors (Lipinski definition) is 2. The molecule has 1 aromatic carbocycles. The van der Waals surface area contributed by atoms with E-state index in [0.29, 0.717) is 26.3 Å². The molecular weight excluding hydrogens is 246 g/mol. The van der Waals surface area contributed by atoms with E-state index in [-0.39, 0.29) is 11.8 Å². The molecule has 3 rings (SSSR count). The van der Waals surface area contributed by atoms with E-state index in [1.165, 1.54) is 0 Å². The van der Waals surface area contributed by atoms with Crippen molar-refractivity contribution in [1.82, 2.24) is 5.32 Å². The first-order valence-corrected chi connectivity index (χ1v) is 6.59. The maximum atomic E-state index is 11.2. The van der Waals surface area contributed by atoms with Crippen LogP contribution in [0.5, 0.6) is 11.5 Å². The van der Waals surface area contributed by atoms with Crippen LogP contribution in [-0.4, -0.2) is 37.4 Å². The Hall–Kier alpha value is -1.75. The molecule has 2 heterocycles. The van der Waals surface area contributed by atoms with Gasteiger partial charge in [-0.3, -0.25) is 4.79 Å². The van der Waals surface area contributed by atoms with Crippen LogP contribution in [0.1, 0.15) is 17.9 Å². The van der Waals surface area contributed by atoms with Crippen LogP contribution in [-0.2, 0) is 4.79 Å². The number of nitrogens with one attached hydrogen (secondary N) is 1. The molecule has 1 saturated heterocycles. The summed E-state index contributed by atoms with van der Waals surface area (Å²) in [5.41, 5.74) is 1.00. The zero-order chi connectivity index (χ0) is 13.2. The second kappa shape index (κ2) is 5.09. The van der Waals surface area contributed by atoms with Crippen LogP contribution in [0.15, 0.2) is 18.2 Å². The molecular formula is C14H17NO4. The molecule has 2 unspecified atom stereocenters. The smallest absolute Gasteiger partial charge is 0.308 e. The van der Waals surface area contributed by atoms with E-state index in [1.807, 2.05) is 18.2 Å². The molecule has 1 aromatic rings. The zero-order valence-corrected chi connectivity index (χ0v) is 10.6. The highest BCUT2D eigenvalue weighted by molar-refractivity contribution is 5.72. The number of carbonyl (C=O) groups is 1. The van der Waals surface area contributed by atoms with Gasteiger partial charge in [0.1, 0.15) is 0 Å². The van der Waals surface area contributed by atoms with Crippen molar-refractivity contribution in [2.75, 3.05) is 26.3 Å². The minimum Gasteiger partial charge on any atom is -0.490 e. The molecule has 102 valence electrons. The second-order valence-electron chi connectivity index (χ2n) is 4.97. The third-order valence-corrected chi connectivity index (χ3v) is 3.73. The van der Waals surface area contributed by atoms with E-state index in [4.69, 9.17) is 9.47 Å². The molecule has 1 fully saturated rings. The minimum atomic E-state index is -0.748. The summed E-state index contributed by atoms with van der Waals surface area (Å²) < 4.78 is 11.2. The molecule has 0 saturated carbocycles. The fourth-order valence-electron chi connectivity index (χ4n) is 2.70. The largest absolute Gasteiger partial charge is 0.490 e. The van der Waals surface area contributed by atoms with Gasteiger partial charge in [-0.25, -0.2) is 0 Å². The zero-order valence-electron chi connectivity index (χ0n) is 10.6. The molecule has 0 bridgehead atoms. The molecule has 0 spiro atoms. The Kier molecular flexibility index (Phi) is 3.29. The monoisotopic (exact) mass is 263 g/mol. The van der Waals surface area contributed by atoms with Gasteiger partial charge in [-0.15, -0.1) is 0 Å². The number of fused-ring (bicyclic) bond motifs is 1. The summed E-state index contributed by atoms with van der Waals surface area (Å²) in [4.78, 5) is 11.2. The van der Waals surface area contributed by atoms with Crippen LogP contribution < -0.4 is 14.8 Å². The topological polar surface area (TPSA) is 67.8 Å². The predicted molar refractivity (Wildman–Crippen MR) is 68.8 cm³/mol. The highest BCUT2D eigenvalue weighted by Crippen LogP contribution is 2.36. The highest BCUT2D eigenvalue weighted by atomic mass is 16.5. The molecule has 2 aliphatic heterocycles. The fourth-order valence-corrected chi connectivity index (χ4v) is 2.70. The molecule has 0 aromatic heterocycles. The Morgan fingerprint density at radius 3 is 2.79 bits per heavy atom. The van der Waals surface area contributed by atoms with Gasteiger partial charge in [0, 0.05) is 25.4 Å². The molecule has 0 aliphatic carbocycles. The summed E-state index contributed by atoms with van der Waals surface area (Å²) in [5.74, 6) is 0.353. The van der Waals surface area contributed by atoms with Gasteiger partial charge >= 0.3 is 5.97 Å². The van der Waals surface area contributed by atoms with Crippen molar-refractivity contribution >= 4 is 5.97 Å². The fraction of sp³-hybridized carbons (Fsp3) is 0.500. The lowest BCUT2D eigenvalue weighted by molar-refractivity contribution is -0.141. The van der Waals surface area contributed by atoms with Crippen molar-refractivity contribution in [3.05, 3.63) is 23.8 Å². The Morgan fingerprint density at radius 2 is 2.00 bits per heavy atom. The number of carboxylic acids is 1. The van der Waals surface area contributed by atoms with Crippen LogP contribution in [0.25, 0.3) is 0 Å². The van der Waals surface area contributed by atoms with Gasteiger partial charge < -0.3 is 19.9 Å². The summed E-state index contributed by atoms with van der Waals surface area (Å²) in [6, 6.07) is 5.75. The summed E-state index contributed by atoms with van der Waals surface area (Å²) in [5, 5.41) is 12.4. The van der Waals surface area contributed by atoms with Crippen molar-refractivity contribution in [2.45, 2.75) is 12.3 Å². The number of hydrogen-bond acceptors (Lipinski definition) is 4. The summed E-state index contributed by atoms with van der Waals surface area (Å²) in [6.45, 7) is 2.52. The Balaban J connectivity index is 1.89. The van der Waals surface area contributed by atoms with Gasteiger partial charge in [0.25, 0.3) is 0 Å². The Morgan fingerprint density at radius 1 is 1.21 bits per heavy atom. The number of benzene rings is 1. The van der Waals surface area contributed by atoms with Gasteiger partial charge in [0.2, 0.25) is 0 Å². The SMILES string of the molecule is O=C(O)C1CNCC1c1ccc2c(c1)OCCCO2. The molecule has 2 N–H and O–H groups in total. The van der Waals surface area contributed by atoms with E-state index in [9.17, 15) is 9.90 Å². The van der Waals surface area contributed by atoms with Gasteiger partial charge in [-0.2, -0.15) is 0 Å². The minimum absolute atomic E-state index is 0.00495. The molecule has 2 atom stereocenters. The number of ether oxygens (including phenoxy) is 2. The lowest BCUT2D eigenvalue weighted by Gasteiger charge is -2.17. The van der Waals surface area contributed by atoms with Crippen LogP contribution in [0.4, 0.5) is 0 Å². The first-order chi connectivity index (χ1) is 9.25. The first kappa shape index (κ1) is 12.3. The van der Waals surface area contributed by atoms with Gasteiger partial charge in [-0.1, -0.05) is 6.07 Å². The summed E-state index contributed by atoms with van der Waals surface area (Å²) in [6.07, 6.45) is 0.868. The first-order valence-electron chi connectivity index (χ1n) is 6.59. The van der Waals surface area contributed by atoms with Crippen LogP contribution in [0.3, 0.4) is 0 Å². The van der Waals surface area contributed by atoms with Crippen molar-refractivity contribution in [1.29, 1.82) is 0 Å². The Labute approximate surface area is 111 Å². The summed E-state index contributed by atoms with van der Waals surface area (Å²) >= 11 is 0. The van der Waals surface area contributed by atoms with Crippen molar-refractivity contribution in [3.8, 4) is 11.5 Å². The maximum Gasteiger partial charge on any atom is 0.308 e. The second-order valence-corrected chi connectivity index (χ2v) is 4.97. The molecule has 5 nitrogen and oxygen atoms in total. The van der Waals surface area contributed by atoms with Crippen molar-refractivity contribution in [3.63, 3.8) is 0 Å². The van der Waals surface area contributed by atoms with Gasteiger partial charge in [0.05, 0.1) is 19.1 Å². The lowest BCUT2D eigenvalue weighted by atomic mass is 9.89. The number of carboxylic acid groups (broad SMARTS) is 1. The van der Waals surface area contributed by atoms with E-state index >= 15 is 0 Å².